The topological polar surface area (TPSA) is 62.7 Å². The maximum Gasteiger partial charge on any atom is 0.280 e. The Hall–Kier alpha value is -2.05. The van der Waals surface area contributed by atoms with E-state index >= 15 is 0 Å². The van der Waals surface area contributed by atoms with Crippen molar-refractivity contribution in [1.29, 1.82) is 0 Å². The molecule has 6 rings (SSSR count). The number of rotatable bonds is 4. The van der Waals surface area contributed by atoms with Gasteiger partial charge in [0.15, 0.2) is 6.61 Å². The molecule has 0 spiro atoms. The highest BCUT2D eigenvalue weighted by Gasteiger charge is 2.62. The monoisotopic (exact) mass is 379 g/mol. The lowest BCUT2D eigenvalue weighted by Gasteiger charge is -2.64. The van der Waals surface area contributed by atoms with Crippen LogP contribution < -0.4 is 10.2 Å². The third-order valence-corrected chi connectivity index (χ3v) is 7.27. The third kappa shape index (κ3) is 2.65. The molecule has 2 radical (unpaired) electrons. The Bertz CT molecular complexity index is 782. The molecule has 1 aliphatic heterocycles. The van der Waals surface area contributed by atoms with Crippen molar-refractivity contribution in [3.63, 3.8) is 0 Å². The minimum atomic E-state index is -0.816. The van der Waals surface area contributed by atoms with Crippen LogP contribution in [0.5, 0.6) is 5.88 Å². The Balaban J connectivity index is 1.33. The van der Waals surface area contributed by atoms with Crippen LogP contribution in [-0.2, 0) is 9.59 Å². The summed E-state index contributed by atoms with van der Waals surface area (Å²) in [7, 11) is 5.63. The molecule has 5 aliphatic rings. The summed E-state index contributed by atoms with van der Waals surface area (Å²) in [6.07, 6.45) is 7.68. The highest BCUT2D eigenvalue weighted by atomic mass is 16.5. The molecule has 1 aromatic rings. The first-order chi connectivity index (χ1) is 13.3. The minimum Gasteiger partial charge on any atom is -0.467 e. The Morgan fingerprint density at radius 3 is 2.39 bits per heavy atom. The van der Waals surface area contributed by atoms with Gasteiger partial charge in [0.25, 0.3) is 11.8 Å². The average molecular weight is 379 g/mol. The van der Waals surface area contributed by atoms with E-state index in [0.717, 1.165) is 11.8 Å². The lowest BCUT2D eigenvalue weighted by atomic mass is 9.53. The first-order valence-electron chi connectivity index (χ1n) is 10.4. The van der Waals surface area contributed by atoms with Crippen molar-refractivity contribution in [2.75, 3.05) is 6.61 Å². The van der Waals surface area contributed by atoms with Gasteiger partial charge in [-0.05, 0) is 75.7 Å². The Labute approximate surface area is 167 Å². The molecule has 7 heteroatoms. The number of amides is 2. The van der Waals surface area contributed by atoms with E-state index in [1.807, 2.05) is 13.8 Å². The second-order valence-electron chi connectivity index (χ2n) is 9.55. The van der Waals surface area contributed by atoms with Crippen LogP contribution in [0.4, 0.5) is 0 Å². The van der Waals surface area contributed by atoms with Crippen molar-refractivity contribution in [3.05, 3.63) is 18.3 Å². The van der Waals surface area contributed by atoms with E-state index in [0.29, 0.717) is 23.2 Å². The van der Waals surface area contributed by atoms with Crippen LogP contribution in [0.2, 0.25) is 0 Å². The van der Waals surface area contributed by atoms with Crippen molar-refractivity contribution in [2.24, 2.45) is 23.7 Å². The Morgan fingerprint density at radius 2 is 1.82 bits per heavy atom. The quantitative estimate of drug-likeness (QED) is 0.743. The van der Waals surface area contributed by atoms with Crippen LogP contribution in [0, 0.1) is 23.7 Å². The van der Waals surface area contributed by atoms with Gasteiger partial charge in [0.05, 0.1) is 6.04 Å². The molecule has 0 atom stereocenters. The van der Waals surface area contributed by atoms with E-state index in [4.69, 9.17) is 12.6 Å². The Kier molecular flexibility index (Phi) is 4.01. The lowest BCUT2D eigenvalue weighted by Crippen LogP contribution is -2.81. The summed E-state index contributed by atoms with van der Waals surface area (Å²) in [5.74, 6) is 2.94. The van der Waals surface area contributed by atoms with Gasteiger partial charge < -0.3 is 4.74 Å². The Morgan fingerprint density at radius 1 is 1.18 bits per heavy atom. The largest absolute Gasteiger partial charge is 0.467 e. The number of aromatic nitrogens is 1. The number of nitrogens with zero attached hydrogens (tertiary/aromatic N) is 3. The van der Waals surface area contributed by atoms with E-state index in [-0.39, 0.29) is 24.5 Å². The molecule has 146 valence electrons. The summed E-state index contributed by atoms with van der Waals surface area (Å²) in [6, 6.07) is 3.50. The molecule has 28 heavy (non-hydrogen) atoms. The van der Waals surface area contributed by atoms with Crippen molar-refractivity contribution < 1.29 is 14.3 Å². The van der Waals surface area contributed by atoms with Gasteiger partial charge in [0.2, 0.25) is 5.88 Å². The zero-order chi connectivity index (χ0) is 19.6. The molecule has 5 fully saturated rings. The average Bonchev–Trinajstić information content (AvgIpc) is 2.65. The second kappa shape index (κ2) is 6.23. The summed E-state index contributed by atoms with van der Waals surface area (Å²) < 4.78 is 5.57. The number of hydrogen-bond donors (Lipinski definition) is 0. The molecule has 4 aliphatic carbocycles. The normalized spacial score (nSPS) is 35.1. The maximum atomic E-state index is 13.0. The second-order valence-corrected chi connectivity index (χ2v) is 9.55. The fourth-order valence-corrected chi connectivity index (χ4v) is 6.36. The van der Waals surface area contributed by atoms with Gasteiger partial charge in [0.1, 0.15) is 13.4 Å². The molecule has 4 saturated carbocycles. The van der Waals surface area contributed by atoms with Gasteiger partial charge in [-0.2, -0.15) is 0 Å². The van der Waals surface area contributed by atoms with Gasteiger partial charge in [-0.25, -0.2) is 15.0 Å². The predicted molar refractivity (Wildman–Crippen MR) is 104 cm³/mol. The molecule has 2 amide bonds. The van der Waals surface area contributed by atoms with Crippen LogP contribution in [0.3, 0.4) is 0 Å². The highest BCUT2D eigenvalue weighted by Crippen LogP contribution is 2.56. The van der Waals surface area contributed by atoms with E-state index in [2.05, 4.69) is 4.98 Å². The maximum absolute atomic E-state index is 13.0. The van der Waals surface area contributed by atoms with Crippen molar-refractivity contribution in [2.45, 2.75) is 57.5 Å². The lowest BCUT2D eigenvalue weighted by molar-refractivity contribution is -0.244. The summed E-state index contributed by atoms with van der Waals surface area (Å²) in [5.41, 5.74) is -0.273. The molecule has 0 unspecified atom stereocenters. The highest BCUT2D eigenvalue weighted by molar-refractivity contribution is 6.32. The van der Waals surface area contributed by atoms with Crippen molar-refractivity contribution in [3.8, 4) is 5.88 Å². The summed E-state index contributed by atoms with van der Waals surface area (Å²) >= 11 is 0. The van der Waals surface area contributed by atoms with Crippen LogP contribution in [0.15, 0.2) is 18.3 Å². The van der Waals surface area contributed by atoms with Gasteiger partial charge >= 0.3 is 0 Å². The summed E-state index contributed by atoms with van der Waals surface area (Å²) in [5, 5.41) is 3.44. The smallest absolute Gasteiger partial charge is 0.280 e. The van der Waals surface area contributed by atoms with E-state index in [1.165, 1.54) is 38.3 Å². The molecular formula is C21H26BN3O3. The van der Waals surface area contributed by atoms with Gasteiger partial charge in [-0.1, -0.05) is 11.5 Å². The first kappa shape index (κ1) is 18.0. The van der Waals surface area contributed by atoms with Gasteiger partial charge in [-0.15, -0.1) is 0 Å². The molecule has 6 nitrogen and oxygen atoms in total. The van der Waals surface area contributed by atoms with Gasteiger partial charge in [-0.3, -0.25) is 9.59 Å². The number of ether oxygens (including phenoxy) is 1. The van der Waals surface area contributed by atoms with Crippen LogP contribution in [-0.4, -0.2) is 52.9 Å². The van der Waals surface area contributed by atoms with Crippen LogP contribution >= 0.6 is 0 Å². The van der Waals surface area contributed by atoms with Crippen molar-refractivity contribution >= 4 is 25.1 Å². The summed E-state index contributed by atoms with van der Waals surface area (Å²) in [6.45, 7) is 3.50. The fourth-order valence-electron chi connectivity index (χ4n) is 6.36. The molecular weight excluding hydrogens is 353 g/mol. The number of hydrogen-bond acceptors (Lipinski definition) is 4. The fraction of sp³-hybridized carbons (Fsp3) is 0.667. The van der Waals surface area contributed by atoms with E-state index in [9.17, 15) is 9.59 Å². The molecule has 2 heterocycles. The molecule has 4 bridgehead atoms. The molecule has 1 saturated heterocycles. The molecule has 1 aromatic heterocycles. The van der Waals surface area contributed by atoms with E-state index < -0.39 is 5.54 Å². The predicted octanol–water partition coefficient (Wildman–Crippen LogP) is 1.44. The first-order valence-corrected chi connectivity index (χ1v) is 10.4. The van der Waals surface area contributed by atoms with E-state index in [1.54, 1.807) is 22.2 Å². The molecule has 0 N–H and O–H groups in total. The van der Waals surface area contributed by atoms with Crippen molar-refractivity contribution in [1.82, 2.24) is 15.0 Å². The number of carbonyl (C=O) groups excluding carboxylic acids is 2. The third-order valence-electron chi connectivity index (χ3n) is 7.27. The van der Waals surface area contributed by atoms with Crippen LogP contribution in [0.25, 0.3) is 0 Å². The number of pyridine rings is 1. The minimum absolute atomic E-state index is 0.0592. The zero-order valence-electron chi connectivity index (χ0n) is 16.5. The number of carbonyl (C=O) groups is 2. The SMILES string of the molecule is [B]c1ccc(OCC(=O)N2N(C3C4CC5CC(C4)CC3C5)C(=O)C2(C)C)nc1. The summed E-state index contributed by atoms with van der Waals surface area (Å²) in [4.78, 5) is 30.1. The zero-order valence-corrected chi connectivity index (χ0v) is 16.5. The van der Waals surface area contributed by atoms with Gasteiger partial charge in [0, 0.05) is 6.20 Å². The number of hydrazine groups is 1. The van der Waals surface area contributed by atoms with Crippen LogP contribution in [0.1, 0.15) is 46.0 Å². The molecule has 0 aromatic carbocycles. The standard InChI is InChI=1S/C21H26BN3O3/c1-21(2)20(27)24(19-14-6-12-5-13(8-14)9-15(19)7-12)25(21)18(26)11-28-17-4-3-16(22)10-23-17/h3-4,10,12-15,19H,5-9,11H2,1-2H3.